The van der Waals surface area contributed by atoms with Crippen LogP contribution in [-0.4, -0.2) is 23.4 Å². The maximum atomic E-state index is 12.9. The topological polar surface area (TPSA) is 76.9 Å². The molecule has 0 aliphatic carbocycles. The van der Waals surface area contributed by atoms with E-state index in [0.29, 0.717) is 10.6 Å². The number of hydrogen-bond acceptors (Lipinski definition) is 4. The van der Waals surface area contributed by atoms with Crippen LogP contribution in [-0.2, 0) is 16.6 Å². The van der Waals surface area contributed by atoms with Crippen LogP contribution in [0.2, 0.25) is 10.0 Å². The first-order chi connectivity index (χ1) is 12.4. The molecule has 1 N–H and O–H groups in total. The van der Waals surface area contributed by atoms with Crippen molar-refractivity contribution in [2.45, 2.75) is 24.4 Å². The van der Waals surface area contributed by atoms with Crippen LogP contribution >= 0.6 is 23.2 Å². The zero-order chi connectivity index (χ0) is 18.7. The Bertz CT molecular complexity index is 993. The van der Waals surface area contributed by atoms with Crippen molar-refractivity contribution < 1.29 is 8.42 Å². The highest BCUT2D eigenvalue weighted by Gasteiger charge is 2.25. The Balaban J connectivity index is 1.96. The van der Waals surface area contributed by atoms with E-state index in [9.17, 15) is 8.42 Å². The van der Waals surface area contributed by atoms with E-state index in [1.54, 1.807) is 6.92 Å². The molecule has 0 radical (unpaired) electrons. The fourth-order valence-electron chi connectivity index (χ4n) is 2.48. The van der Waals surface area contributed by atoms with E-state index in [1.807, 2.05) is 30.3 Å². The summed E-state index contributed by atoms with van der Waals surface area (Å²) in [6, 6.07) is 11.5. The standard InChI is InChI=1S/C17H16Cl2N4O2S/c1-12-9-17(15(19)10-14(12)18)26(24,25)22-16(11-23-20-7-8-21-23)13-5-3-2-4-6-13/h2-10,16,22H,11H2,1H3. The van der Waals surface area contributed by atoms with Crippen molar-refractivity contribution in [1.29, 1.82) is 0 Å². The van der Waals surface area contributed by atoms with Crippen LogP contribution in [0.25, 0.3) is 0 Å². The molecule has 26 heavy (non-hydrogen) atoms. The number of aryl methyl sites for hydroxylation is 1. The Morgan fingerprint density at radius 2 is 1.73 bits per heavy atom. The molecule has 1 aromatic heterocycles. The van der Waals surface area contributed by atoms with Gasteiger partial charge in [0.2, 0.25) is 10.0 Å². The van der Waals surface area contributed by atoms with Gasteiger partial charge in [-0.2, -0.15) is 15.0 Å². The van der Waals surface area contributed by atoms with Crippen LogP contribution in [0.4, 0.5) is 0 Å². The van der Waals surface area contributed by atoms with Crippen LogP contribution in [0.5, 0.6) is 0 Å². The van der Waals surface area contributed by atoms with Gasteiger partial charge in [0.15, 0.2) is 0 Å². The normalized spacial score (nSPS) is 12.9. The van der Waals surface area contributed by atoms with E-state index in [-0.39, 0.29) is 16.5 Å². The second-order valence-electron chi connectivity index (χ2n) is 5.70. The molecule has 2 aromatic carbocycles. The van der Waals surface area contributed by atoms with Gasteiger partial charge in [-0.05, 0) is 30.2 Å². The minimum absolute atomic E-state index is 0.0181. The van der Waals surface area contributed by atoms with Crippen LogP contribution < -0.4 is 4.72 Å². The third kappa shape index (κ3) is 4.24. The van der Waals surface area contributed by atoms with Crippen molar-refractivity contribution in [2.75, 3.05) is 0 Å². The summed E-state index contributed by atoms with van der Waals surface area (Å²) in [6.45, 7) is 1.96. The molecular formula is C17H16Cl2N4O2S. The highest BCUT2D eigenvalue weighted by atomic mass is 35.5. The number of rotatable bonds is 6. The van der Waals surface area contributed by atoms with Gasteiger partial charge < -0.3 is 0 Å². The van der Waals surface area contributed by atoms with Crippen molar-refractivity contribution in [2.24, 2.45) is 0 Å². The molecule has 0 aliphatic rings. The summed E-state index contributed by atoms with van der Waals surface area (Å²) in [6.07, 6.45) is 3.08. The van der Waals surface area contributed by atoms with E-state index in [2.05, 4.69) is 14.9 Å². The molecule has 0 saturated heterocycles. The zero-order valence-corrected chi connectivity index (χ0v) is 16.1. The maximum Gasteiger partial charge on any atom is 0.242 e. The lowest BCUT2D eigenvalue weighted by Gasteiger charge is -2.19. The predicted octanol–water partition coefficient (Wildman–Crippen LogP) is 3.61. The Labute approximate surface area is 161 Å². The van der Waals surface area contributed by atoms with Gasteiger partial charge >= 0.3 is 0 Å². The van der Waals surface area contributed by atoms with Gasteiger partial charge in [0.1, 0.15) is 4.90 Å². The van der Waals surface area contributed by atoms with Gasteiger partial charge in [-0.15, -0.1) is 0 Å². The minimum Gasteiger partial charge on any atom is -0.207 e. The molecule has 0 spiro atoms. The Morgan fingerprint density at radius 3 is 2.38 bits per heavy atom. The second-order valence-corrected chi connectivity index (χ2v) is 8.20. The number of nitrogens with one attached hydrogen (secondary N) is 1. The Morgan fingerprint density at radius 1 is 1.08 bits per heavy atom. The highest BCUT2D eigenvalue weighted by molar-refractivity contribution is 7.89. The summed E-state index contributed by atoms with van der Waals surface area (Å²) in [5.41, 5.74) is 1.41. The molecular weight excluding hydrogens is 395 g/mol. The summed E-state index contributed by atoms with van der Waals surface area (Å²) < 4.78 is 28.6. The van der Waals surface area contributed by atoms with Crippen molar-refractivity contribution in [3.05, 3.63) is 76.0 Å². The molecule has 0 amide bonds. The molecule has 3 rings (SSSR count). The number of sulfonamides is 1. The monoisotopic (exact) mass is 410 g/mol. The third-order valence-electron chi connectivity index (χ3n) is 3.81. The average molecular weight is 411 g/mol. The Hall–Kier alpha value is -1.93. The van der Waals surface area contributed by atoms with E-state index in [4.69, 9.17) is 23.2 Å². The molecule has 1 unspecified atom stereocenters. The summed E-state index contributed by atoms with van der Waals surface area (Å²) >= 11 is 12.1. The largest absolute Gasteiger partial charge is 0.242 e. The molecule has 1 atom stereocenters. The number of aromatic nitrogens is 3. The lowest BCUT2D eigenvalue weighted by Crippen LogP contribution is -2.32. The van der Waals surface area contributed by atoms with Gasteiger partial charge in [0, 0.05) is 5.02 Å². The van der Waals surface area contributed by atoms with E-state index >= 15 is 0 Å². The number of nitrogens with zero attached hydrogens (tertiary/aromatic N) is 3. The van der Waals surface area contributed by atoms with E-state index < -0.39 is 16.1 Å². The lowest BCUT2D eigenvalue weighted by atomic mass is 10.1. The number of halogens is 2. The average Bonchev–Trinajstić information content (AvgIpc) is 3.11. The van der Waals surface area contributed by atoms with Crippen molar-refractivity contribution >= 4 is 33.2 Å². The zero-order valence-electron chi connectivity index (χ0n) is 13.8. The van der Waals surface area contributed by atoms with E-state index in [1.165, 1.54) is 29.3 Å². The quantitative estimate of drug-likeness (QED) is 0.672. The van der Waals surface area contributed by atoms with Crippen LogP contribution in [0, 0.1) is 6.92 Å². The fourth-order valence-corrected chi connectivity index (χ4v) is 4.53. The molecule has 136 valence electrons. The van der Waals surface area contributed by atoms with Gasteiger partial charge in [0.25, 0.3) is 0 Å². The van der Waals surface area contributed by atoms with Crippen molar-refractivity contribution in [1.82, 2.24) is 19.7 Å². The first-order valence-corrected chi connectivity index (χ1v) is 9.98. The molecule has 0 fully saturated rings. The predicted molar refractivity (Wildman–Crippen MR) is 101 cm³/mol. The molecule has 9 heteroatoms. The number of benzene rings is 2. The molecule has 1 heterocycles. The van der Waals surface area contributed by atoms with Crippen molar-refractivity contribution in [3.63, 3.8) is 0 Å². The summed E-state index contributed by atoms with van der Waals surface area (Å²) in [5.74, 6) is 0. The van der Waals surface area contributed by atoms with Crippen LogP contribution in [0.15, 0.2) is 59.8 Å². The van der Waals surface area contributed by atoms with E-state index in [0.717, 1.165) is 5.56 Å². The lowest BCUT2D eigenvalue weighted by molar-refractivity contribution is 0.444. The van der Waals surface area contributed by atoms with Gasteiger partial charge in [0.05, 0.1) is 30.0 Å². The smallest absolute Gasteiger partial charge is 0.207 e. The van der Waals surface area contributed by atoms with Gasteiger partial charge in [-0.25, -0.2) is 13.1 Å². The number of hydrogen-bond donors (Lipinski definition) is 1. The first-order valence-electron chi connectivity index (χ1n) is 7.74. The second kappa shape index (κ2) is 7.75. The Kier molecular flexibility index (Phi) is 5.62. The summed E-state index contributed by atoms with van der Waals surface area (Å²) in [7, 11) is -3.89. The van der Waals surface area contributed by atoms with Gasteiger partial charge in [-0.1, -0.05) is 53.5 Å². The highest BCUT2D eigenvalue weighted by Crippen LogP contribution is 2.29. The fraction of sp³-hybridized carbons (Fsp3) is 0.176. The maximum absolute atomic E-state index is 12.9. The SMILES string of the molecule is Cc1cc(S(=O)(=O)NC(Cn2nccn2)c2ccccc2)c(Cl)cc1Cl. The first kappa shape index (κ1) is 18.8. The molecule has 0 saturated carbocycles. The molecule has 6 nitrogen and oxygen atoms in total. The molecule has 0 bridgehead atoms. The van der Waals surface area contributed by atoms with Crippen molar-refractivity contribution in [3.8, 4) is 0 Å². The van der Waals surface area contributed by atoms with Crippen LogP contribution in [0.3, 0.4) is 0 Å². The van der Waals surface area contributed by atoms with Crippen LogP contribution in [0.1, 0.15) is 17.2 Å². The van der Waals surface area contributed by atoms with Gasteiger partial charge in [-0.3, -0.25) is 0 Å². The summed E-state index contributed by atoms with van der Waals surface area (Å²) in [4.78, 5) is 1.41. The third-order valence-corrected chi connectivity index (χ3v) is 6.16. The minimum atomic E-state index is -3.89. The molecule has 0 aliphatic heterocycles. The summed E-state index contributed by atoms with van der Waals surface area (Å²) in [5, 5.41) is 8.59. The molecule has 3 aromatic rings.